The smallest absolute Gasteiger partial charge is 0.212 e. The van der Waals surface area contributed by atoms with E-state index in [2.05, 4.69) is 4.72 Å². The summed E-state index contributed by atoms with van der Waals surface area (Å²) in [6.07, 6.45) is 4.75. The van der Waals surface area contributed by atoms with E-state index in [1.807, 2.05) is 31.2 Å². The molecule has 2 aliphatic rings. The van der Waals surface area contributed by atoms with E-state index in [1.54, 1.807) is 0 Å². The van der Waals surface area contributed by atoms with Crippen LogP contribution >= 0.6 is 0 Å². The van der Waals surface area contributed by atoms with Crippen LogP contribution < -0.4 is 4.72 Å². The molecule has 0 aliphatic heterocycles. The predicted molar refractivity (Wildman–Crippen MR) is 76.2 cm³/mol. The van der Waals surface area contributed by atoms with Crippen molar-refractivity contribution in [3.63, 3.8) is 0 Å². The molecular weight excluding hydrogens is 258 g/mol. The van der Waals surface area contributed by atoms with E-state index in [0.717, 1.165) is 23.5 Å². The number of sulfonamides is 1. The van der Waals surface area contributed by atoms with Gasteiger partial charge >= 0.3 is 0 Å². The van der Waals surface area contributed by atoms with Gasteiger partial charge in [-0.05, 0) is 43.6 Å². The van der Waals surface area contributed by atoms with E-state index < -0.39 is 10.0 Å². The largest absolute Gasteiger partial charge is 0.216 e. The minimum Gasteiger partial charge on any atom is -0.212 e. The van der Waals surface area contributed by atoms with Crippen LogP contribution in [-0.4, -0.2) is 14.5 Å². The molecule has 4 heteroatoms. The van der Waals surface area contributed by atoms with Gasteiger partial charge in [0.15, 0.2) is 0 Å². The summed E-state index contributed by atoms with van der Waals surface area (Å²) < 4.78 is 27.4. The van der Waals surface area contributed by atoms with Crippen LogP contribution in [0.2, 0.25) is 0 Å². The summed E-state index contributed by atoms with van der Waals surface area (Å²) in [5, 5.41) is 0. The van der Waals surface area contributed by atoms with Gasteiger partial charge in [0.05, 0.1) is 5.75 Å². The highest BCUT2D eigenvalue weighted by Crippen LogP contribution is 2.44. The highest BCUT2D eigenvalue weighted by molar-refractivity contribution is 7.88. The van der Waals surface area contributed by atoms with Gasteiger partial charge in [-0.25, -0.2) is 13.1 Å². The Kier molecular flexibility index (Phi) is 3.39. The topological polar surface area (TPSA) is 46.2 Å². The summed E-state index contributed by atoms with van der Waals surface area (Å²) >= 11 is 0. The Morgan fingerprint density at radius 1 is 1.26 bits per heavy atom. The molecular formula is C15H21NO2S. The molecule has 0 aromatic heterocycles. The summed E-state index contributed by atoms with van der Waals surface area (Å²) in [6.45, 7) is 1.99. The van der Waals surface area contributed by atoms with Gasteiger partial charge in [0.2, 0.25) is 10.0 Å². The molecule has 0 radical (unpaired) electrons. The van der Waals surface area contributed by atoms with Crippen LogP contribution in [0.4, 0.5) is 0 Å². The first-order chi connectivity index (χ1) is 9.02. The van der Waals surface area contributed by atoms with Gasteiger partial charge < -0.3 is 0 Å². The third-order valence-electron chi connectivity index (χ3n) is 4.51. The molecule has 1 aromatic carbocycles. The molecule has 2 bridgehead atoms. The first-order valence-electron chi connectivity index (χ1n) is 7.07. The van der Waals surface area contributed by atoms with E-state index in [4.69, 9.17) is 0 Å². The van der Waals surface area contributed by atoms with Crippen molar-refractivity contribution in [2.45, 2.75) is 44.4 Å². The Hall–Kier alpha value is -0.870. The van der Waals surface area contributed by atoms with Crippen molar-refractivity contribution in [3.8, 4) is 0 Å². The molecule has 2 saturated carbocycles. The summed E-state index contributed by atoms with van der Waals surface area (Å²) in [5.74, 6) is 1.44. The van der Waals surface area contributed by atoms with E-state index in [-0.39, 0.29) is 11.8 Å². The molecule has 0 spiro atoms. The van der Waals surface area contributed by atoms with Crippen LogP contribution in [0.25, 0.3) is 0 Å². The molecule has 2 fully saturated rings. The minimum atomic E-state index is -3.21. The maximum absolute atomic E-state index is 12.2. The Morgan fingerprint density at radius 3 is 2.74 bits per heavy atom. The van der Waals surface area contributed by atoms with Crippen LogP contribution in [0, 0.1) is 18.8 Å². The van der Waals surface area contributed by atoms with Gasteiger partial charge in [0.1, 0.15) is 0 Å². The Bertz CT molecular complexity index is 567. The lowest BCUT2D eigenvalue weighted by molar-refractivity contribution is 0.390. The van der Waals surface area contributed by atoms with E-state index >= 15 is 0 Å². The molecule has 0 unspecified atom stereocenters. The predicted octanol–water partition coefficient (Wildman–Crippen LogP) is 2.60. The zero-order chi connectivity index (χ0) is 13.5. The molecule has 2 aliphatic carbocycles. The van der Waals surface area contributed by atoms with Crippen molar-refractivity contribution in [2.24, 2.45) is 11.8 Å². The molecule has 3 rings (SSSR count). The van der Waals surface area contributed by atoms with Crippen LogP contribution in [-0.2, 0) is 15.8 Å². The fourth-order valence-electron chi connectivity index (χ4n) is 3.68. The molecule has 1 aromatic rings. The summed E-state index contributed by atoms with van der Waals surface area (Å²) in [5.41, 5.74) is 1.98. The first kappa shape index (κ1) is 13.1. The maximum Gasteiger partial charge on any atom is 0.216 e. The minimum absolute atomic E-state index is 0.0998. The molecule has 0 saturated heterocycles. The molecule has 0 heterocycles. The van der Waals surface area contributed by atoms with Gasteiger partial charge in [0.25, 0.3) is 0 Å². The van der Waals surface area contributed by atoms with Gasteiger partial charge in [-0.2, -0.15) is 0 Å². The van der Waals surface area contributed by atoms with Crippen LogP contribution in [0.15, 0.2) is 24.3 Å². The van der Waals surface area contributed by atoms with Crippen molar-refractivity contribution in [3.05, 3.63) is 35.4 Å². The van der Waals surface area contributed by atoms with Crippen LogP contribution in [0.1, 0.15) is 36.8 Å². The van der Waals surface area contributed by atoms with Gasteiger partial charge in [-0.3, -0.25) is 0 Å². The molecule has 104 valence electrons. The SMILES string of the molecule is Cc1cccc(CS(=O)(=O)N[C@H]2C[C@H]3CC[C@H]2C3)c1. The number of hydrogen-bond acceptors (Lipinski definition) is 2. The molecule has 3 nitrogen and oxygen atoms in total. The number of aryl methyl sites for hydroxylation is 1. The second-order valence-corrected chi connectivity index (χ2v) is 7.90. The Morgan fingerprint density at radius 2 is 2.11 bits per heavy atom. The third-order valence-corrected chi connectivity index (χ3v) is 5.88. The van der Waals surface area contributed by atoms with Crippen molar-refractivity contribution in [1.82, 2.24) is 4.72 Å². The molecule has 19 heavy (non-hydrogen) atoms. The van der Waals surface area contributed by atoms with Gasteiger partial charge in [-0.15, -0.1) is 0 Å². The average Bonchev–Trinajstić information content (AvgIpc) is 2.89. The van der Waals surface area contributed by atoms with Crippen molar-refractivity contribution < 1.29 is 8.42 Å². The number of benzene rings is 1. The summed E-state index contributed by atoms with van der Waals surface area (Å²) in [7, 11) is -3.21. The lowest BCUT2D eigenvalue weighted by atomic mass is 9.96. The first-order valence-corrected chi connectivity index (χ1v) is 8.72. The second-order valence-electron chi connectivity index (χ2n) is 6.15. The Balaban J connectivity index is 1.66. The highest BCUT2D eigenvalue weighted by atomic mass is 32.2. The second kappa shape index (κ2) is 4.91. The standard InChI is InChI=1S/C15H21NO2S/c1-11-3-2-4-13(7-11)10-19(17,18)16-15-9-12-5-6-14(15)8-12/h2-4,7,12,14-16H,5-6,8-10H2,1H3/t12-,14-,15-/m0/s1. The normalized spacial score (nSPS) is 29.8. The van der Waals surface area contributed by atoms with Gasteiger partial charge in [-0.1, -0.05) is 36.2 Å². The number of rotatable bonds is 4. The molecule has 1 N–H and O–H groups in total. The zero-order valence-electron chi connectivity index (χ0n) is 11.3. The fraction of sp³-hybridized carbons (Fsp3) is 0.600. The van der Waals surface area contributed by atoms with Crippen molar-refractivity contribution in [2.75, 3.05) is 0 Å². The highest BCUT2D eigenvalue weighted by Gasteiger charge is 2.40. The number of hydrogen-bond donors (Lipinski definition) is 1. The Labute approximate surface area is 115 Å². The van der Waals surface area contributed by atoms with Crippen molar-refractivity contribution in [1.29, 1.82) is 0 Å². The van der Waals surface area contributed by atoms with Crippen molar-refractivity contribution >= 4 is 10.0 Å². The summed E-state index contributed by atoms with van der Waals surface area (Å²) in [6, 6.07) is 7.91. The summed E-state index contributed by atoms with van der Waals surface area (Å²) in [4.78, 5) is 0. The maximum atomic E-state index is 12.2. The van der Waals surface area contributed by atoms with E-state index in [0.29, 0.717) is 5.92 Å². The molecule has 3 atom stereocenters. The lowest BCUT2D eigenvalue weighted by Gasteiger charge is -2.22. The number of fused-ring (bicyclic) bond motifs is 2. The molecule has 0 amide bonds. The fourth-order valence-corrected chi connectivity index (χ4v) is 5.13. The average molecular weight is 279 g/mol. The zero-order valence-corrected chi connectivity index (χ0v) is 12.1. The van der Waals surface area contributed by atoms with Gasteiger partial charge in [0, 0.05) is 6.04 Å². The monoisotopic (exact) mass is 279 g/mol. The van der Waals surface area contributed by atoms with E-state index in [1.165, 1.54) is 19.3 Å². The third kappa shape index (κ3) is 3.00. The van der Waals surface area contributed by atoms with Crippen LogP contribution in [0.3, 0.4) is 0 Å². The van der Waals surface area contributed by atoms with Crippen LogP contribution in [0.5, 0.6) is 0 Å². The quantitative estimate of drug-likeness (QED) is 0.921. The lowest BCUT2D eigenvalue weighted by Crippen LogP contribution is -2.39. The van der Waals surface area contributed by atoms with E-state index in [9.17, 15) is 8.42 Å². The number of nitrogens with one attached hydrogen (secondary N) is 1.